The molecule has 0 fully saturated rings. The van der Waals surface area contributed by atoms with Crippen LogP contribution in [0.4, 0.5) is 10.1 Å². The third kappa shape index (κ3) is 2.74. The Morgan fingerprint density at radius 2 is 1.95 bits per heavy atom. The number of fused-ring (bicyclic) bond motifs is 1. The number of rotatable bonds is 2. The lowest BCUT2D eigenvalue weighted by Gasteiger charge is -2.08. The van der Waals surface area contributed by atoms with Gasteiger partial charge in [-0.05, 0) is 36.8 Å². The average Bonchev–Trinajstić information content (AvgIpc) is 2.49. The molecule has 1 heterocycles. The zero-order valence-corrected chi connectivity index (χ0v) is 11.4. The molecule has 1 aromatic heterocycles. The van der Waals surface area contributed by atoms with Crippen LogP contribution in [-0.2, 0) is 0 Å². The summed E-state index contributed by atoms with van der Waals surface area (Å²) >= 11 is 0. The maximum atomic E-state index is 13.3. The Hall–Kier alpha value is -2.75. The Morgan fingerprint density at radius 3 is 2.81 bits per heavy atom. The van der Waals surface area contributed by atoms with Crippen LogP contribution >= 0.6 is 0 Å². The molecule has 0 aliphatic carbocycles. The van der Waals surface area contributed by atoms with E-state index in [-0.39, 0.29) is 5.91 Å². The highest BCUT2D eigenvalue weighted by molar-refractivity contribution is 6.05. The number of carbonyl (C=O) groups is 1. The van der Waals surface area contributed by atoms with Gasteiger partial charge >= 0.3 is 0 Å². The van der Waals surface area contributed by atoms with Crippen molar-refractivity contribution in [2.75, 3.05) is 5.32 Å². The quantitative estimate of drug-likeness (QED) is 0.772. The van der Waals surface area contributed by atoms with E-state index in [1.165, 1.54) is 12.1 Å². The molecular weight excluding hydrogens is 267 g/mol. The maximum Gasteiger partial charge on any atom is 0.256 e. The van der Waals surface area contributed by atoms with Crippen molar-refractivity contribution in [3.05, 3.63) is 71.7 Å². The fourth-order valence-corrected chi connectivity index (χ4v) is 2.18. The smallest absolute Gasteiger partial charge is 0.256 e. The van der Waals surface area contributed by atoms with Gasteiger partial charge in [-0.25, -0.2) is 4.39 Å². The molecular formula is C17H13FN2O. The van der Waals surface area contributed by atoms with Crippen LogP contribution in [0.3, 0.4) is 0 Å². The Morgan fingerprint density at radius 1 is 1.14 bits per heavy atom. The van der Waals surface area contributed by atoms with Crippen molar-refractivity contribution < 1.29 is 9.18 Å². The average molecular weight is 280 g/mol. The van der Waals surface area contributed by atoms with Crippen LogP contribution in [-0.4, -0.2) is 10.9 Å². The Kier molecular flexibility index (Phi) is 3.36. The lowest BCUT2D eigenvalue weighted by atomic mass is 10.1. The highest BCUT2D eigenvalue weighted by Gasteiger charge is 2.11. The van der Waals surface area contributed by atoms with E-state index in [2.05, 4.69) is 10.3 Å². The van der Waals surface area contributed by atoms with E-state index in [1.807, 2.05) is 30.3 Å². The lowest BCUT2D eigenvalue weighted by Crippen LogP contribution is -2.13. The second-order valence-electron chi connectivity index (χ2n) is 4.83. The molecule has 4 heteroatoms. The molecule has 21 heavy (non-hydrogen) atoms. The number of nitrogens with zero attached hydrogens (tertiary/aromatic N) is 1. The molecule has 0 aliphatic heterocycles. The zero-order chi connectivity index (χ0) is 14.8. The van der Waals surface area contributed by atoms with Crippen molar-refractivity contribution in [2.24, 2.45) is 0 Å². The molecule has 0 bridgehead atoms. The van der Waals surface area contributed by atoms with Gasteiger partial charge < -0.3 is 5.32 Å². The largest absolute Gasteiger partial charge is 0.321 e. The van der Waals surface area contributed by atoms with E-state index >= 15 is 0 Å². The van der Waals surface area contributed by atoms with Gasteiger partial charge in [0, 0.05) is 10.9 Å². The molecule has 3 rings (SSSR count). The molecule has 0 aliphatic rings. The summed E-state index contributed by atoms with van der Waals surface area (Å²) in [6.07, 6.45) is 1.59. The number of aromatic nitrogens is 1. The number of halogens is 1. The van der Waals surface area contributed by atoms with Crippen LogP contribution in [0.25, 0.3) is 10.9 Å². The van der Waals surface area contributed by atoms with Crippen LogP contribution in [0, 0.1) is 12.7 Å². The molecule has 3 aromatic rings. The molecule has 0 radical (unpaired) electrons. The zero-order valence-electron chi connectivity index (χ0n) is 11.4. The number of aryl methyl sites for hydroxylation is 1. The normalized spacial score (nSPS) is 10.6. The number of carbonyl (C=O) groups excluding carboxylic acids is 1. The number of nitrogens with one attached hydrogen (secondary N) is 1. The fraction of sp³-hybridized carbons (Fsp3) is 0.0588. The first-order valence-electron chi connectivity index (χ1n) is 6.56. The van der Waals surface area contributed by atoms with E-state index in [4.69, 9.17) is 0 Å². The van der Waals surface area contributed by atoms with Gasteiger partial charge in [-0.2, -0.15) is 0 Å². The van der Waals surface area contributed by atoms with Crippen LogP contribution in [0.5, 0.6) is 0 Å². The fourth-order valence-electron chi connectivity index (χ4n) is 2.18. The van der Waals surface area contributed by atoms with Crippen molar-refractivity contribution in [3.63, 3.8) is 0 Å². The van der Waals surface area contributed by atoms with E-state index < -0.39 is 5.82 Å². The maximum absolute atomic E-state index is 13.3. The minimum absolute atomic E-state index is 0.322. The predicted molar refractivity (Wildman–Crippen MR) is 80.8 cm³/mol. The number of benzene rings is 2. The van der Waals surface area contributed by atoms with Crippen LogP contribution < -0.4 is 5.32 Å². The van der Waals surface area contributed by atoms with Gasteiger partial charge in [0.25, 0.3) is 5.91 Å². The summed E-state index contributed by atoms with van der Waals surface area (Å²) in [5.41, 5.74) is 2.49. The first-order valence-corrected chi connectivity index (χ1v) is 6.56. The lowest BCUT2D eigenvalue weighted by molar-refractivity contribution is 0.102. The van der Waals surface area contributed by atoms with Crippen molar-refractivity contribution in [2.45, 2.75) is 6.92 Å². The second-order valence-corrected chi connectivity index (χ2v) is 4.83. The third-order valence-corrected chi connectivity index (χ3v) is 3.29. The Labute approximate surface area is 121 Å². The van der Waals surface area contributed by atoms with Gasteiger partial charge in [0.2, 0.25) is 0 Å². The standard InChI is InChI=1S/C17H13FN2O/c1-11-6-7-13(18)9-15(11)17(21)20-14-8-12-4-2-3-5-16(12)19-10-14/h2-10H,1H3,(H,20,21). The highest BCUT2D eigenvalue weighted by atomic mass is 19.1. The summed E-state index contributed by atoms with van der Waals surface area (Å²) in [7, 11) is 0. The Balaban J connectivity index is 1.90. The Bertz CT molecular complexity index is 830. The first-order chi connectivity index (χ1) is 10.1. The molecule has 3 nitrogen and oxygen atoms in total. The summed E-state index contributed by atoms with van der Waals surface area (Å²) in [5, 5.41) is 3.69. The summed E-state index contributed by atoms with van der Waals surface area (Å²) in [6.45, 7) is 1.77. The molecule has 2 aromatic carbocycles. The van der Waals surface area contributed by atoms with Gasteiger partial charge in [-0.1, -0.05) is 24.3 Å². The summed E-state index contributed by atoms with van der Waals surface area (Å²) in [5.74, 6) is -0.772. The molecule has 0 saturated heterocycles. The highest BCUT2D eigenvalue weighted by Crippen LogP contribution is 2.18. The van der Waals surface area contributed by atoms with Crippen LogP contribution in [0.2, 0.25) is 0 Å². The number of para-hydroxylation sites is 1. The van der Waals surface area contributed by atoms with Crippen LogP contribution in [0.15, 0.2) is 54.7 Å². The van der Waals surface area contributed by atoms with Gasteiger partial charge in [0.05, 0.1) is 17.4 Å². The number of hydrogen-bond acceptors (Lipinski definition) is 2. The van der Waals surface area contributed by atoms with Crippen LogP contribution in [0.1, 0.15) is 15.9 Å². The summed E-state index contributed by atoms with van der Waals surface area (Å²) in [4.78, 5) is 16.5. The molecule has 0 saturated carbocycles. The number of anilines is 1. The molecule has 0 atom stereocenters. The van der Waals surface area contributed by atoms with Gasteiger partial charge in [-0.15, -0.1) is 0 Å². The van der Waals surface area contributed by atoms with E-state index in [9.17, 15) is 9.18 Å². The van der Waals surface area contributed by atoms with E-state index in [0.717, 1.165) is 16.5 Å². The number of hydrogen-bond donors (Lipinski definition) is 1. The van der Waals surface area contributed by atoms with Crippen molar-refractivity contribution in [3.8, 4) is 0 Å². The van der Waals surface area contributed by atoms with Gasteiger partial charge in [0.1, 0.15) is 5.82 Å². The molecule has 0 unspecified atom stereocenters. The second kappa shape index (κ2) is 5.32. The monoisotopic (exact) mass is 280 g/mol. The summed E-state index contributed by atoms with van der Waals surface area (Å²) < 4.78 is 13.3. The van der Waals surface area contributed by atoms with Crippen molar-refractivity contribution in [1.29, 1.82) is 0 Å². The SMILES string of the molecule is Cc1ccc(F)cc1C(=O)Nc1cnc2ccccc2c1. The number of amides is 1. The van der Waals surface area contributed by atoms with E-state index in [1.54, 1.807) is 19.2 Å². The van der Waals surface area contributed by atoms with Crippen molar-refractivity contribution in [1.82, 2.24) is 4.98 Å². The van der Waals surface area contributed by atoms with Crippen molar-refractivity contribution >= 4 is 22.5 Å². The minimum Gasteiger partial charge on any atom is -0.321 e. The number of pyridine rings is 1. The van der Waals surface area contributed by atoms with E-state index in [0.29, 0.717) is 11.3 Å². The molecule has 1 amide bonds. The first kappa shape index (κ1) is 13.2. The van der Waals surface area contributed by atoms with Gasteiger partial charge in [-0.3, -0.25) is 9.78 Å². The molecule has 0 spiro atoms. The molecule has 104 valence electrons. The third-order valence-electron chi connectivity index (χ3n) is 3.29. The van der Waals surface area contributed by atoms with Gasteiger partial charge in [0.15, 0.2) is 0 Å². The predicted octanol–water partition coefficient (Wildman–Crippen LogP) is 3.93. The topological polar surface area (TPSA) is 42.0 Å². The summed E-state index contributed by atoms with van der Waals surface area (Å²) in [6, 6.07) is 13.6. The molecule has 1 N–H and O–H groups in total. The minimum atomic E-state index is -0.428.